The zero-order valence-electron chi connectivity index (χ0n) is 71.8. The average Bonchev–Trinajstić information content (AvgIpc) is 1.26. The van der Waals surface area contributed by atoms with E-state index in [-0.39, 0.29) is 0 Å². The predicted molar refractivity (Wildman–Crippen MR) is 565 cm³/mol. The van der Waals surface area contributed by atoms with Crippen LogP contribution in [0.4, 0.5) is 0 Å². The summed E-state index contributed by atoms with van der Waals surface area (Å²) >= 11 is 0. The quantitative estimate of drug-likeness (QED) is 0.135. The van der Waals surface area contributed by atoms with Gasteiger partial charge in [0, 0.05) is 65.8 Å². The molecule has 0 unspecified atom stereocenters. The second-order valence-electron chi connectivity index (χ2n) is 35.6. The summed E-state index contributed by atoms with van der Waals surface area (Å²) in [6.07, 6.45) is 0. The van der Waals surface area contributed by atoms with Gasteiger partial charge in [-0.2, -0.15) is 0 Å². The maximum Gasteiger partial charge on any atom is 0.0541 e. The van der Waals surface area contributed by atoms with Crippen LogP contribution in [0, 0.1) is 0 Å². The molecule has 0 radical (unpaired) electrons. The van der Waals surface area contributed by atoms with Crippen LogP contribution in [0.2, 0.25) is 0 Å². The Labute approximate surface area is 759 Å². The highest BCUT2D eigenvalue weighted by atomic mass is 15.0. The lowest BCUT2D eigenvalue weighted by molar-refractivity contribution is 1.18. The van der Waals surface area contributed by atoms with Gasteiger partial charge in [0.05, 0.1) is 44.1 Å². The van der Waals surface area contributed by atoms with Crippen molar-refractivity contribution < 1.29 is 0 Å². The van der Waals surface area contributed by atoms with E-state index in [0.29, 0.717) is 0 Å². The van der Waals surface area contributed by atoms with Crippen LogP contribution in [0.1, 0.15) is 0 Å². The Morgan fingerprint density at radius 3 is 0.735 bits per heavy atom. The summed E-state index contributed by atoms with van der Waals surface area (Å²) < 4.78 is 9.64. The number of hydrogen-bond acceptors (Lipinski definition) is 0. The summed E-state index contributed by atoms with van der Waals surface area (Å²) in [5.41, 5.74) is 24.1. The van der Waals surface area contributed by atoms with Crippen molar-refractivity contribution in [2.24, 2.45) is 0 Å². The molecule has 0 aliphatic rings. The lowest BCUT2D eigenvalue weighted by Crippen LogP contribution is -1.94. The Morgan fingerprint density at radius 1 is 0.106 bits per heavy atom. The molecule has 0 N–H and O–H groups in total. The highest BCUT2D eigenvalue weighted by Gasteiger charge is 2.24. The number of hydrogen-bond donors (Lipinski definition) is 0. The van der Waals surface area contributed by atoms with Gasteiger partial charge in [0.15, 0.2) is 0 Å². The third kappa shape index (κ3) is 11.2. The molecule has 0 amide bonds. The Bertz CT molecular complexity index is 9990. The summed E-state index contributed by atoms with van der Waals surface area (Å²) in [6, 6.07) is 175. The first-order valence-electron chi connectivity index (χ1n) is 45.7. The molecular weight excluding hydrogens is 1590 g/mol. The fourth-order valence-corrected chi connectivity index (χ4v) is 22.8. The number of rotatable bonds is 8. The minimum atomic E-state index is 1.15. The summed E-state index contributed by atoms with van der Waals surface area (Å²) in [4.78, 5) is 0. The molecule has 29 aromatic rings. The topological polar surface area (TPSA) is 19.7 Å². The molecular formula is C128H78N4. The van der Waals surface area contributed by atoms with E-state index in [9.17, 15) is 0 Å². The molecule has 29 rings (SSSR count). The van der Waals surface area contributed by atoms with E-state index < -0.39 is 0 Å². The molecule has 0 bridgehead atoms. The summed E-state index contributed by atoms with van der Waals surface area (Å²) in [5, 5.41) is 38.2. The zero-order valence-corrected chi connectivity index (χ0v) is 71.8. The van der Waals surface area contributed by atoms with Crippen molar-refractivity contribution in [3.05, 3.63) is 473 Å². The molecule has 4 heteroatoms. The molecule has 4 aromatic heterocycles. The van der Waals surface area contributed by atoms with Crippen molar-refractivity contribution in [3.8, 4) is 67.3 Å². The van der Waals surface area contributed by atoms with Gasteiger partial charge in [-0.25, -0.2) is 0 Å². The monoisotopic (exact) mass is 1670 g/mol. The molecule has 0 saturated heterocycles. The third-order valence-corrected chi connectivity index (χ3v) is 28.7. The Kier molecular flexibility index (Phi) is 16.2. The van der Waals surface area contributed by atoms with Crippen LogP contribution in [0.3, 0.4) is 0 Å². The van der Waals surface area contributed by atoms with E-state index in [0.717, 1.165) is 11.4 Å². The van der Waals surface area contributed by atoms with Crippen LogP contribution in [-0.2, 0) is 0 Å². The fraction of sp³-hybridized carbons (Fsp3) is 0. The largest absolute Gasteiger partial charge is 0.309 e. The van der Waals surface area contributed by atoms with Gasteiger partial charge in [0.25, 0.3) is 0 Å². The van der Waals surface area contributed by atoms with Crippen LogP contribution in [0.5, 0.6) is 0 Å². The Hall–Kier alpha value is -17.4. The summed E-state index contributed by atoms with van der Waals surface area (Å²) in [6.45, 7) is 0. The second-order valence-corrected chi connectivity index (χ2v) is 35.6. The van der Waals surface area contributed by atoms with E-state index in [2.05, 4.69) is 491 Å². The first kappa shape index (κ1) is 73.7. The van der Waals surface area contributed by atoms with Gasteiger partial charge in [0.1, 0.15) is 0 Å². The Morgan fingerprint density at radius 2 is 0.348 bits per heavy atom. The fourth-order valence-electron chi connectivity index (χ4n) is 22.8. The van der Waals surface area contributed by atoms with Crippen molar-refractivity contribution in [1.29, 1.82) is 0 Å². The lowest BCUT2D eigenvalue weighted by atomic mass is 9.87. The maximum absolute atomic E-state index is 2.45. The zero-order chi connectivity index (χ0) is 86.3. The van der Waals surface area contributed by atoms with Gasteiger partial charge >= 0.3 is 0 Å². The van der Waals surface area contributed by atoms with Gasteiger partial charge in [0.2, 0.25) is 0 Å². The molecule has 0 fully saturated rings. The Balaban J connectivity index is 0.000000132. The maximum atomic E-state index is 2.45. The average molecular weight is 1670 g/mol. The molecule has 4 heterocycles. The molecule has 0 spiro atoms. The number of para-hydroxylation sites is 6. The highest BCUT2D eigenvalue weighted by molar-refractivity contribution is 6.35. The van der Waals surface area contributed by atoms with Crippen molar-refractivity contribution in [3.63, 3.8) is 0 Å². The number of benzene rings is 25. The minimum absolute atomic E-state index is 1.15. The SMILES string of the molecule is c1ccc(-n2c3ccccc3c3cc(-c4ccc5c(c4)c4ccccc4n5-c4ccc5c(ccc6cc(-c7cc8c9ccccc9c9ccccc9c8c8ccccc78)ccc65)c4)ccc32)cc1.c1ccc(-n2c3ccccc3c3cc(-c4ccc5c(c4)c4ccccc4n5-c4ccc5ccc(-c6cc7c8ccccc8c8ccccc8c7c7ccccc67)cc5c4)ccc32)cc1. The van der Waals surface area contributed by atoms with Crippen LogP contribution in [0.25, 0.3) is 273 Å². The molecule has 4 nitrogen and oxygen atoms in total. The molecule has 0 saturated carbocycles. The molecule has 25 aromatic carbocycles. The van der Waals surface area contributed by atoms with Crippen molar-refractivity contribution in [1.82, 2.24) is 18.3 Å². The molecule has 610 valence electrons. The van der Waals surface area contributed by atoms with Crippen LogP contribution >= 0.6 is 0 Å². The first-order valence-corrected chi connectivity index (χ1v) is 45.7. The third-order valence-electron chi connectivity index (χ3n) is 28.7. The number of fused-ring (bicyclic) bond motifs is 32. The van der Waals surface area contributed by atoms with Crippen LogP contribution in [-0.4, -0.2) is 18.3 Å². The lowest BCUT2D eigenvalue weighted by Gasteiger charge is -2.16. The van der Waals surface area contributed by atoms with E-state index in [1.807, 2.05) is 0 Å². The summed E-state index contributed by atoms with van der Waals surface area (Å²) in [7, 11) is 0. The summed E-state index contributed by atoms with van der Waals surface area (Å²) in [5.74, 6) is 0. The van der Waals surface area contributed by atoms with Crippen molar-refractivity contribution in [2.75, 3.05) is 0 Å². The predicted octanol–water partition coefficient (Wildman–Crippen LogP) is 35.1. The van der Waals surface area contributed by atoms with Crippen LogP contribution in [0.15, 0.2) is 473 Å². The van der Waals surface area contributed by atoms with E-state index >= 15 is 0 Å². The van der Waals surface area contributed by atoms with Crippen molar-refractivity contribution in [2.45, 2.75) is 0 Å². The second kappa shape index (κ2) is 29.0. The van der Waals surface area contributed by atoms with Gasteiger partial charge in [-0.3, -0.25) is 0 Å². The molecule has 0 aliphatic heterocycles. The molecule has 0 atom stereocenters. The molecule has 0 aliphatic carbocycles. The van der Waals surface area contributed by atoms with E-state index in [1.165, 1.54) is 262 Å². The van der Waals surface area contributed by atoms with Crippen LogP contribution < -0.4 is 0 Å². The standard InChI is InChI=1S/C66H40N2.C62H38N2/c1-2-14-46(15-3-1)67-62-24-12-10-20-54(62)59-38-41(29-34-64(59)67)42-30-35-65-60(39-42)55-21-11-13-25-63(55)68(65)47-31-33-49-45(37-47)27-26-43-36-44(28-32-48(43)49)58-40-61-52-18-5-4-16-50(52)51-17-6-8-22-56(51)66(61)57-23-9-7-19-53(57)58;1-2-14-44(15-3-1)63-58-24-12-10-20-50(58)55-36-40(29-32-60(55)63)41-30-33-61-56(37-41)51-21-11-13-25-59(51)64(61)45-31-28-39-26-27-42(34-43(39)35-45)54-38-57-48-18-5-4-16-46(48)47-17-6-8-22-52(47)62(57)53-23-9-7-19-49(53)54/h1-40H;1-38H. The number of nitrogens with zero attached hydrogens (tertiary/aromatic N) is 4. The first-order chi connectivity index (χ1) is 65.5. The highest BCUT2D eigenvalue weighted by Crippen LogP contribution is 2.49. The minimum Gasteiger partial charge on any atom is -0.309 e. The van der Waals surface area contributed by atoms with E-state index in [4.69, 9.17) is 0 Å². The van der Waals surface area contributed by atoms with Gasteiger partial charge in [-0.1, -0.05) is 328 Å². The van der Waals surface area contributed by atoms with E-state index in [1.54, 1.807) is 0 Å². The van der Waals surface area contributed by atoms with Gasteiger partial charge in [-0.15, -0.1) is 0 Å². The smallest absolute Gasteiger partial charge is 0.0541 e. The molecule has 132 heavy (non-hydrogen) atoms. The number of aromatic nitrogens is 4. The van der Waals surface area contributed by atoms with Gasteiger partial charge in [-0.05, 0) is 309 Å². The van der Waals surface area contributed by atoms with Crippen molar-refractivity contribution >= 4 is 206 Å². The van der Waals surface area contributed by atoms with Gasteiger partial charge < -0.3 is 18.3 Å². The normalized spacial score (nSPS) is 12.1.